The van der Waals surface area contributed by atoms with Crippen molar-refractivity contribution in [2.45, 2.75) is 50.7 Å². The molecule has 1 N–H and O–H groups in total. The van der Waals surface area contributed by atoms with Crippen LogP contribution >= 0.6 is 0 Å². The smallest absolute Gasteiger partial charge is 0.377 e. The number of benzene rings is 1. The molecule has 11 heteroatoms. The summed E-state index contributed by atoms with van der Waals surface area (Å²) in [6.45, 7) is 1.66. The van der Waals surface area contributed by atoms with Crippen LogP contribution in [0.1, 0.15) is 54.8 Å². The summed E-state index contributed by atoms with van der Waals surface area (Å²) in [5.74, 6) is 0.268. The molecule has 1 aromatic carbocycles. The Morgan fingerprint density at radius 3 is 2.30 bits per heavy atom. The molecule has 1 saturated heterocycles. The number of hydrogen-bond donors (Lipinski definition) is 1. The Kier molecular flexibility index (Phi) is 6.00. The zero-order chi connectivity index (χ0) is 25.8. The minimum absolute atomic E-state index is 0.211. The zero-order valence-electron chi connectivity index (χ0n) is 20.3. The molecule has 1 aliphatic heterocycles. The van der Waals surface area contributed by atoms with E-state index in [1.165, 1.54) is 43.5 Å². The largest absolute Gasteiger partial charge is 0.471 e. The van der Waals surface area contributed by atoms with Crippen LogP contribution < -0.4 is 5.32 Å². The molecule has 1 atom stereocenters. The van der Waals surface area contributed by atoms with Gasteiger partial charge in [-0.05, 0) is 68.4 Å². The van der Waals surface area contributed by atoms with Gasteiger partial charge in [-0.3, -0.25) is 9.59 Å². The number of carbonyl (C=O) groups is 2. The van der Waals surface area contributed by atoms with Crippen molar-refractivity contribution >= 4 is 11.8 Å². The molecule has 8 nitrogen and oxygen atoms in total. The van der Waals surface area contributed by atoms with Gasteiger partial charge >= 0.3 is 12.1 Å². The molecule has 5 aliphatic rings. The van der Waals surface area contributed by atoms with Crippen LogP contribution in [0.5, 0.6) is 0 Å². The first kappa shape index (κ1) is 24.4. The van der Waals surface area contributed by atoms with Crippen LogP contribution in [0.15, 0.2) is 28.8 Å². The number of carbonyl (C=O) groups excluding carboxylic acids is 2. The van der Waals surface area contributed by atoms with Gasteiger partial charge in [0.15, 0.2) is 0 Å². The average molecular weight is 519 g/mol. The lowest BCUT2D eigenvalue weighted by atomic mass is 9.49. The standard InChI is InChI=1S/C26H29F3N4O4/c27-26(28,29)23-31-21(32-37-23)18-1-3-19(4-2-18)22(34)30-13-20-14-36-6-5-33(20)24(35)25-10-15-7-16(11-25)9-17(8-15)12-25/h1-4,15-17,20H,5-14H2,(H,30,34)/t15?,16?,17?,20-,25?/m0/s1. The van der Waals surface area contributed by atoms with Crippen molar-refractivity contribution in [1.82, 2.24) is 20.4 Å². The van der Waals surface area contributed by atoms with Crippen LogP contribution in [-0.4, -0.2) is 59.2 Å². The first-order chi connectivity index (χ1) is 17.7. The lowest BCUT2D eigenvalue weighted by molar-refractivity contribution is -0.165. The van der Waals surface area contributed by atoms with Gasteiger partial charge in [0.05, 0.1) is 24.7 Å². The van der Waals surface area contributed by atoms with E-state index in [9.17, 15) is 22.8 Å². The molecule has 7 rings (SSSR count). The molecular formula is C26H29F3N4O4. The normalized spacial score (nSPS) is 30.9. The summed E-state index contributed by atoms with van der Waals surface area (Å²) >= 11 is 0. The van der Waals surface area contributed by atoms with Gasteiger partial charge in [0.25, 0.3) is 5.91 Å². The number of rotatable bonds is 5. The molecule has 4 saturated carbocycles. The van der Waals surface area contributed by atoms with Gasteiger partial charge in [-0.15, -0.1) is 0 Å². The summed E-state index contributed by atoms with van der Waals surface area (Å²) in [4.78, 5) is 32.0. The topological polar surface area (TPSA) is 97.6 Å². The minimum Gasteiger partial charge on any atom is -0.377 e. The molecule has 2 amide bonds. The van der Waals surface area contributed by atoms with Crippen molar-refractivity contribution in [1.29, 1.82) is 0 Å². The van der Waals surface area contributed by atoms with Crippen LogP contribution in [0.4, 0.5) is 13.2 Å². The van der Waals surface area contributed by atoms with E-state index in [1.54, 1.807) is 0 Å². The highest BCUT2D eigenvalue weighted by molar-refractivity contribution is 5.94. The Morgan fingerprint density at radius 2 is 1.70 bits per heavy atom. The van der Waals surface area contributed by atoms with Crippen molar-refractivity contribution in [3.05, 3.63) is 35.7 Å². The molecule has 1 aromatic heterocycles. The predicted octanol–water partition coefficient (Wildman–Crippen LogP) is 3.93. The Balaban J connectivity index is 1.10. The molecule has 2 aromatic rings. The van der Waals surface area contributed by atoms with Crippen LogP contribution in [0.3, 0.4) is 0 Å². The van der Waals surface area contributed by atoms with Crippen LogP contribution in [0.25, 0.3) is 11.4 Å². The Hall–Kier alpha value is -2.95. The lowest BCUT2D eigenvalue weighted by Gasteiger charge is -2.57. The summed E-state index contributed by atoms with van der Waals surface area (Å²) < 4.78 is 48.0. The number of nitrogens with one attached hydrogen (secondary N) is 1. The SMILES string of the molecule is O=C(NC[C@H]1COCCN1C(=O)C12CC3CC(CC(C3)C1)C2)c1ccc(-c2noc(C(F)(F)F)n2)cc1. The highest BCUT2D eigenvalue weighted by Gasteiger charge is 2.56. The second kappa shape index (κ2) is 9.11. The molecule has 198 valence electrons. The van der Waals surface area contributed by atoms with Gasteiger partial charge in [0, 0.05) is 24.2 Å². The molecule has 37 heavy (non-hydrogen) atoms. The maximum atomic E-state index is 13.9. The molecule has 0 unspecified atom stereocenters. The Morgan fingerprint density at radius 1 is 1.05 bits per heavy atom. The quantitative estimate of drug-likeness (QED) is 0.644. The number of halogens is 3. The summed E-state index contributed by atoms with van der Waals surface area (Å²) in [5.41, 5.74) is 0.383. The highest BCUT2D eigenvalue weighted by atomic mass is 19.4. The third kappa shape index (κ3) is 4.62. The number of amides is 2. The van der Waals surface area contributed by atoms with E-state index in [4.69, 9.17) is 4.74 Å². The molecule has 0 radical (unpaired) electrons. The van der Waals surface area contributed by atoms with E-state index in [2.05, 4.69) is 20.0 Å². The first-order valence-corrected chi connectivity index (χ1v) is 12.9. The minimum atomic E-state index is -4.72. The number of alkyl halides is 3. The van der Waals surface area contributed by atoms with Gasteiger partial charge in [-0.2, -0.15) is 18.2 Å². The van der Waals surface area contributed by atoms with Crippen molar-refractivity contribution in [3.63, 3.8) is 0 Å². The van der Waals surface area contributed by atoms with Gasteiger partial charge < -0.3 is 19.5 Å². The van der Waals surface area contributed by atoms with E-state index in [0.29, 0.717) is 48.6 Å². The predicted molar refractivity (Wildman–Crippen MR) is 124 cm³/mol. The van der Waals surface area contributed by atoms with Crippen LogP contribution in [-0.2, 0) is 15.7 Å². The molecule has 4 bridgehead atoms. The molecule has 4 aliphatic carbocycles. The number of hydrogen-bond acceptors (Lipinski definition) is 6. The third-order valence-electron chi connectivity index (χ3n) is 8.55. The zero-order valence-corrected chi connectivity index (χ0v) is 20.3. The summed E-state index contributed by atoms with van der Waals surface area (Å²) in [7, 11) is 0. The Bertz CT molecular complexity index is 1140. The summed E-state index contributed by atoms with van der Waals surface area (Å²) in [6, 6.07) is 5.67. The molecule has 5 fully saturated rings. The molecule has 0 spiro atoms. The van der Waals surface area contributed by atoms with Crippen molar-refractivity contribution in [2.75, 3.05) is 26.3 Å². The monoisotopic (exact) mass is 518 g/mol. The van der Waals surface area contributed by atoms with Crippen molar-refractivity contribution < 1.29 is 32.0 Å². The maximum Gasteiger partial charge on any atom is 0.471 e. The van der Waals surface area contributed by atoms with E-state index < -0.39 is 12.1 Å². The van der Waals surface area contributed by atoms with Gasteiger partial charge in [-0.25, -0.2) is 0 Å². The van der Waals surface area contributed by atoms with E-state index >= 15 is 0 Å². The summed E-state index contributed by atoms with van der Waals surface area (Å²) in [5, 5.41) is 6.26. The van der Waals surface area contributed by atoms with Crippen LogP contribution in [0, 0.1) is 23.2 Å². The number of aromatic nitrogens is 2. The second-order valence-electron chi connectivity index (χ2n) is 11.1. The fraction of sp³-hybridized carbons (Fsp3) is 0.615. The number of ether oxygens (including phenoxy) is 1. The van der Waals surface area contributed by atoms with E-state index in [1.807, 2.05) is 4.90 Å². The van der Waals surface area contributed by atoms with Crippen molar-refractivity contribution in [3.8, 4) is 11.4 Å². The number of nitrogens with zero attached hydrogens (tertiary/aromatic N) is 3. The van der Waals surface area contributed by atoms with E-state index in [0.717, 1.165) is 19.3 Å². The van der Waals surface area contributed by atoms with Crippen molar-refractivity contribution in [2.24, 2.45) is 23.2 Å². The highest BCUT2D eigenvalue weighted by Crippen LogP contribution is 2.60. The van der Waals surface area contributed by atoms with E-state index in [-0.39, 0.29) is 35.6 Å². The fourth-order valence-electron chi connectivity index (χ4n) is 7.31. The number of morpholine rings is 1. The van der Waals surface area contributed by atoms with Gasteiger partial charge in [0.1, 0.15) is 0 Å². The maximum absolute atomic E-state index is 13.9. The fourth-order valence-corrected chi connectivity index (χ4v) is 7.31. The first-order valence-electron chi connectivity index (χ1n) is 12.9. The molecule has 2 heterocycles. The summed E-state index contributed by atoms with van der Waals surface area (Å²) in [6.07, 6.45) is 2.06. The van der Waals surface area contributed by atoms with Crippen LogP contribution in [0.2, 0.25) is 0 Å². The average Bonchev–Trinajstić information content (AvgIpc) is 3.38. The molecular weight excluding hydrogens is 489 g/mol. The van der Waals surface area contributed by atoms with Gasteiger partial charge in [-0.1, -0.05) is 17.3 Å². The lowest BCUT2D eigenvalue weighted by Crippen LogP contribution is -2.60. The third-order valence-corrected chi connectivity index (χ3v) is 8.55. The van der Waals surface area contributed by atoms with Gasteiger partial charge in [0.2, 0.25) is 11.7 Å². The second-order valence-corrected chi connectivity index (χ2v) is 11.1. The Labute approximate surface area is 211 Å².